The minimum atomic E-state index is 0.670. The van der Waals surface area contributed by atoms with Crippen LogP contribution in [0.15, 0.2) is 72.9 Å². The van der Waals surface area contributed by atoms with E-state index in [-0.39, 0.29) is 0 Å². The van der Waals surface area contributed by atoms with Crippen LogP contribution in [-0.2, 0) is 7.05 Å². The van der Waals surface area contributed by atoms with Gasteiger partial charge in [0.05, 0.1) is 14.2 Å². The zero-order valence-electron chi connectivity index (χ0n) is 16.2. The van der Waals surface area contributed by atoms with E-state index in [0.29, 0.717) is 11.5 Å². The molecule has 2 aromatic carbocycles. The van der Waals surface area contributed by atoms with E-state index < -0.39 is 0 Å². The minimum Gasteiger partial charge on any atom is -0.493 e. The Hall–Kier alpha value is -3.53. The molecule has 4 heteroatoms. The van der Waals surface area contributed by atoms with Crippen LogP contribution in [0.5, 0.6) is 17.2 Å². The molecule has 4 rings (SSSR count). The van der Waals surface area contributed by atoms with Crippen molar-refractivity contribution in [3.8, 4) is 17.2 Å². The number of allylic oxidation sites excluding steroid dienone is 2. The second kappa shape index (κ2) is 7.61. The van der Waals surface area contributed by atoms with Crippen LogP contribution in [0.4, 0.5) is 0 Å². The zero-order chi connectivity index (χ0) is 19.5. The molecule has 0 fully saturated rings. The Labute approximate surface area is 164 Å². The van der Waals surface area contributed by atoms with E-state index in [4.69, 9.17) is 14.2 Å². The summed E-state index contributed by atoms with van der Waals surface area (Å²) < 4.78 is 19.1. The lowest BCUT2D eigenvalue weighted by Crippen LogP contribution is -2.30. The highest BCUT2D eigenvalue weighted by Crippen LogP contribution is 2.39. The fourth-order valence-corrected chi connectivity index (χ4v) is 3.26. The molecule has 0 saturated carbocycles. The Kier molecular flexibility index (Phi) is 4.85. The highest BCUT2D eigenvalue weighted by atomic mass is 16.5. The second-order valence-corrected chi connectivity index (χ2v) is 6.51. The summed E-state index contributed by atoms with van der Waals surface area (Å²) in [5.41, 5.74) is 4.19. The summed E-state index contributed by atoms with van der Waals surface area (Å²) in [6.07, 6.45) is 6.27. The van der Waals surface area contributed by atoms with Gasteiger partial charge in [0.1, 0.15) is 18.6 Å². The Morgan fingerprint density at radius 2 is 1.68 bits per heavy atom. The van der Waals surface area contributed by atoms with E-state index in [1.54, 1.807) is 14.2 Å². The largest absolute Gasteiger partial charge is 0.493 e. The average molecular weight is 372 g/mol. The summed E-state index contributed by atoms with van der Waals surface area (Å²) in [5, 5.41) is 0. The molecule has 0 unspecified atom stereocenters. The van der Waals surface area contributed by atoms with Crippen LogP contribution in [-0.4, -0.2) is 14.2 Å². The van der Waals surface area contributed by atoms with Crippen molar-refractivity contribution in [2.45, 2.75) is 0 Å². The molecule has 3 aromatic rings. The number of methoxy groups -OCH3 is 2. The Morgan fingerprint density at radius 3 is 2.46 bits per heavy atom. The molecule has 140 valence electrons. The third-order valence-corrected chi connectivity index (χ3v) is 4.77. The molecule has 1 aliphatic heterocycles. The standard InChI is InChI=1S/C24H22NO3/c1-25-13-7-6-8-19(25)14-18-16-23(28-21-10-5-4-9-20(18)21)17-11-12-22(26-2)24(15-17)27-3/h4-16H,1-3H3/q+1/b18-14+. The zero-order valence-corrected chi connectivity index (χ0v) is 16.2. The predicted octanol–water partition coefficient (Wildman–Crippen LogP) is 4.50. The van der Waals surface area contributed by atoms with Gasteiger partial charge in [-0.25, -0.2) is 4.57 Å². The normalized spacial score (nSPS) is 14.1. The molecule has 2 heterocycles. The van der Waals surface area contributed by atoms with Crippen molar-refractivity contribution in [3.63, 3.8) is 0 Å². The van der Waals surface area contributed by atoms with Crippen molar-refractivity contribution in [1.29, 1.82) is 0 Å². The third-order valence-electron chi connectivity index (χ3n) is 4.77. The van der Waals surface area contributed by atoms with Crippen LogP contribution in [0.1, 0.15) is 16.8 Å². The second-order valence-electron chi connectivity index (χ2n) is 6.51. The van der Waals surface area contributed by atoms with Gasteiger partial charge < -0.3 is 14.2 Å². The van der Waals surface area contributed by atoms with Gasteiger partial charge in [0.25, 0.3) is 0 Å². The molecule has 0 bridgehead atoms. The molecule has 1 aromatic heterocycles. The van der Waals surface area contributed by atoms with Gasteiger partial charge in [-0.05, 0) is 42.0 Å². The fourth-order valence-electron chi connectivity index (χ4n) is 3.26. The van der Waals surface area contributed by atoms with Gasteiger partial charge in [-0.2, -0.15) is 0 Å². The molecular weight excluding hydrogens is 350 g/mol. The topological polar surface area (TPSA) is 31.6 Å². The smallest absolute Gasteiger partial charge is 0.205 e. The van der Waals surface area contributed by atoms with Crippen molar-refractivity contribution in [3.05, 3.63) is 89.8 Å². The van der Waals surface area contributed by atoms with Crippen LogP contribution < -0.4 is 18.8 Å². The number of para-hydroxylation sites is 1. The van der Waals surface area contributed by atoms with E-state index in [1.807, 2.05) is 61.8 Å². The molecule has 0 aliphatic carbocycles. The summed E-state index contributed by atoms with van der Waals surface area (Å²) >= 11 is 0. The number of fused-ring (bicyclic) bond motifs is 1. The number of hydrogen-bond donors (Lipinski definition) is 0. The fraction of sp³-hybridized carbons (Fsp3) is 0.125. The highest BCUT2D eigenvalue weighted by molar-refractivity contribution is 5.95. The average Bonchev–Trinajstić information content (AvgIpc) is 2.74. The first-order valence-corrected chi connectivity index (χ1v) is 9.07. The molecule has 0 spiro atoms. The van der Waals surface area contributed by atoms with E-state index in [2.05, 4.69) is 28.9 Å². The molecule has 0 atom stereocenters. The molecule has 1 aliphatic rings. The number of ether oxygens (including phenoxy) is 3. The number of pyridine rings is 1. The number of hydrogen-bond acceptors (Lipinski definition) is 3. The van der Waals surface area contributed by atoms with Crippen molar-refractivity contribution in [2.75, 3.05) is 14.2 Å². The van der Waals surface area contributed by atoms with Gasteiger partial charge in [-0.1, -0.05) is 18.2 Å². The van der Waals surface area contributed by atoms with Gasteiger partial charge in [0.2, 0.25) is 5.69 Å². The third kappa shape index (κ3) is 3.37. The minimum absolute atomic E-state index is 0.670. The van der Waals surface area contributed by atoms with Gasteiger partial charge in [0, 0.05) is 29.3 Å². The molecule has 0 N–H and O–H groups in total. The van der Waals surface area contributed by atoms with E-state index in [9.17, 15) is 0 Å². The lowest BCUT2D eigenvalue weighted by molar-refractivity contribution is -0.673. The van der Waals surface area contributed by atoms with E-state index in [1.165, 1.54) is 0 Å². The lowest BCUT2D eigenvalue weighted by Gasteiger charge is -2.21. The molecule has 28 heavy (non-hydrogen) atoms. The van der Waals surface area contributed by atoms with Crippen LogP contribution in [0.2, 0.25) is 0 Å². The molecule has 4 nitrogen and oxygen atoms in total. The van der Waals surface area contributed by atoms with Gasteiger partial charge in [-0.15, -0.1) is 0 Å². The van der Waals surface area contributed by atoms with Gasteiger partial charge >= 0.3 is 0 Å². The van der Waals surface area contributed by atoms with Crippen LogP contribution in [0.25, 0.3) is 17.4 Å². The van der Waals surface area contributed by atoms with Crippen molar-refractivity contribution in [1.82, 2.24) is 0 Å². The quantitative estimate of drug-likeness (QED) is 0.632. The van der Waals surface area contributed by atoms with Crippen LogP contribution in [0.3, 0.4) is 0 Å². The summed E-state index contributed by atoms with van der Waals surface area (Å²) in [6.45, 7) is 0. The number of nitrogens with zero attached hydrogens (tertiary/aromatic N) is 1. The first-order chi connectivity index (χ1) is 13.7. The summed E-state index contributed by atoms with van der Waals surface area (Å²) in [7, 11) is 5.30. The number of aryl methyl sites for hydroxylation is 1. The highest BCUT2D eigenvalue weighted by Gasteiger charge is 2.20. The SMILES string of the molecule is COc1ccc(C2=C/C(=C\c3cccc[n+]3C)c3ccccc3O2)cc1OC. The molecule has 0 saturated heterocycles. The Bertz CT molecular complexity index is 1080. The predicted molar refractivity (Wildman–Crippen MR) is 110 cm³/mol. The summed E-state index contributed by atoms with van der Waals surface area (Å²) in [5.74, 6) is 2.96. The maximum Gasteiger partial charge on any atom is 0.205 e. The van der Waals surface area contributed by atoms with Gasteiger partial charge in [-0.3, -0.25) is 0 Å². The lowest BCUT2D eigenvalue weighted by atomic mass is 9.98. The van der Waals surface area contributed by atoms with Crippen molar-refractivity contribution < 1.29 is 18.8 Å². The monoisotopic (exact) mass is 372 g/mol. The number of benzene rings is 2. The Morgan fingerprint density at radius 1 is 0.893 bits per heavy atom. The van der Waals surface area contributed by atoms with E-state index in [0.717, 1.165) is 33.9 Å². The number of rotatable bonds is 4. The van der Waals surface area contributed by atoms with Crippen LogP contribution >= 0.6 is 0 Å². The summed E-state index contributed by atoms with van der Waals surface area (Å²) in [4.78, 5) is 0. The first-order valence-electron chi connectivity index (χ1n) is 9.07. The Balaban J connectivity index is 1.84. The molecule has 0 amide bonds. The van der Waals surface area contributed by atoms with Crippen molar-refractivity contribution >= 4 is 17.4 Å². The first kappa shape index (κ1) is 17.9. The maximum atomic E-state index is 6.21. The van der Waals surface area contributed by atoms with Crippen molar-refractivity contribution in [2.24, 2.45) is 7.05 Å². The molecular formula is C24H22NO3+. The summed E-state index contributed by atoms with van der Waals surface area (Å²) in [6, 6.07) is 20.0. The van der Waals surface area contributed by atoms with E-state index >= 15 is 0 Å². The van der Waals surface area contributed by atoms with Gasteiger partial charge in [0.15, 0.2) is 17.7 Å². The van der Waals surface area contributed by atoms with Crippen LogP contribution in [0, 0.1) is 0 Å². The number of aromatic nitrogens is 1. The maximum absolute atomic E-state index is 6.21. The molecule has 0 radical (unpaired) electrons.